The Morgan fingerprint density at radius 3 is 2.50 bits per heavy atom. The summed E-state index contributed by atoms with van der Waals surface area (Å²) in [6, 6.07) is 12.2. The number of nitrogens with two attached hydrogens (primary N) is 1. The number of hydrogen-bond acceptors (Lipinski definition) is 4. The zero-order valence-electron chi connectivity index (χ0n) is 15.1. The van der Waals surface area contributed by atoms with E-state index in [0.717, 1.165) is 5.56 Å². The van der Waals surface area contributed by atoms with Crippen LogP contribution in [-0.2, 0) is 16.0 Å². The molecule has 0 radical (unpaired) electrons. The van der Waals surface area contributed by atoms with E-state index in [-0.39, 0.29) is 24.0 Å². The Morgan fingerprint density at radius 2 is 1.86 bits per heavy atom. The molecule has 1 aliphatic rings. The smallest absolute Gasteiger partial charge is 0.387 e. The van der Waals surface area contributed by atoms with Gasteiger partial charge in [-0.3, -0.25) is 9.59 Å². The second kappa shape index (κ2) is 8.69. The molecule has 0 aliphatic carbocycles. The van der Waals surface area contributed by atoms with Crippen LogP contribution in [0.5, 0.6) is 5.75 Å². The maximum absolute atomic E-state index is 12.8. The molecule has 1 fully saturated rings. The lowest BCUT2D eigenvalue weighted by Crippen LogP contribution is -2.52. The number of carbonyl (C=O) groups is 2. The van der Waals surface area contributed by atoms with E-state index in [0.29, 0.717) is 30.8 Å². The minimum atomic E-state index is -2.90. The first kappa shape index (κ1) is 19.6. The third-order valence-electron chi connectivity index (χ3n) is 4.49. The Labute approximate surface area is 161 Å². The lowest BCUT2D eigenvalue weighted by Gasteiger charge is -2.32. The molecule has 28 heavy (non-hydrogen) atoms. The number of anilines is 2. The molecule has 8 heteroatoms. The Bertz CT molecular complexity index is 826. The zero-order valence-corrected chi connectivity index (χ0v) is 15.1. The second-order valence-electron chi connectivity index (χ2n) is 6.54. The van der Waals surface area contributed by atoms with Gasteiger partial charge in [0.1, 0.15) is 11.8 Å². The number of hydrogen-bond donors (Lipinski definition) is 2. The van der Waals surface area contributed by atoms with E-state index in [2.05, 4.69) is 10.1 Å². The molecule has 2 aromatic carbocycles. The molecule has 2 aromatic rings. The average molecular weight is 389 g/mol. The fraction of sp³-hybridized carbons (Fsp3) is 0.300. The van der Waals surface area contributed by atoms with Crippen molar-refractivity contribution in [1.29, 1.82) is 0 Å². The third-order valence-corrected chi connectivity index (χ3v) is 4.49. The number of piperidine rings is 1. The first-order valence-corrected chi connectivity index (χ1v) is 8.92. The van der Waals surface area contributed by atoms with Gasteiger partial charge in [0.15, 0.2) is 0 Å². The first-order valence-electron chi connectivity index (χ1n) is 8.92. The number of amides is 2. The molecular weight excluding hydrogens is 368 g/mol. The van der Waals surface area contributed by atoms with Gasteiger partial charge in [-0.25, -0.2) is 0 Å². The summed E-state index contributed by atoms with van der Waals surface area (Å²) in [4.78, 5) is 26.6. The van der Waals surface area contributed by atoms with Crippen molar-refractivity contribution in [2.75, 3.05) is 17.2 Å². The molecular formula is C20H21F2N3O3. The number of carbonyl (C=O) groups excluding carboxylic acids is 2. The van der Waals surface area contributed by atoms with Crippen LogP contribution in [0, 0.1) is 0 Å². The van der Waals surface area contributed by atoms with Crippen molar-refractivity contribution in [3.8, 4) is 5.75 Å². The molecule has 0 bridgehead atoms. The lowest BCUT2D eigenvalue weighted by molar-refractivity contribution is -0.128. The summed E-state index contributed by atoms with van der Waals surface area (Å²) in [7, 11) is 0. The van der Waals surface area contributed by atoms with Gasteiger partial charge < -0.3 is 20.7 Å². The normalized spacial score (nSPS) is 16.9. The van der Waals surface area contributed by atoms with Crippen molar-refractivity contribution >= 4 is 23.2 Å². The van der Waals surface area contributed by atoms with Crippen molar-refractivity contribution in [2.24, 2.45) is 0 Å². The molecule has 1 atom stereocenters. The highest BCUT2D eigenvalue weighted by atomic mass is 19.3. The van der Waals surface area contributed by atoms with Gasteiger partial charge >= 0.3 is 6.61 Å². The average Bonchev–Trinajstić information content (AvgIpc) is 2.66. The summed E-state index contributed by atoms with van der Waals surface area (Å²) < 4.78 is 28.8. The van der Waals surface area contributed by atoms with E-state index in [1.165, 1.54) is 12.1 Å². The van der Waals surface area contributed by atoms with Crippen molar-refractivity contribution in [2.45, 2.75) is 31.9 Å². The van der Waals surface area contributed by atoms with E-state index in [1.54, 1.807) is 41.3 Å². The molecule has 3 N–H and O–H groups in total. The molecule has 1 aliphatic heterocycles. The maximum atomic E-state index is 12.8. The fourth-order valence-corrected chi connectivity index (χ4v) is 3.14. The van der Waals surface area contributed by atoms with Crippen molar-refractivity contribution in [3.05, 3.63) is 54.1 Å². The van der Waals surface area contributed by atoms with Gasteiger partial charge in [-0.15, -0.1) is 0 Å². The molecule has 0 spiro atoms. The highest BCUT2D eigenvalue weighted by Gasteiger charge is 2.30. The molecule has 3 rings (SSSR count). The van der Waals surface area contributed by atoms with E-state index < -0.39 is 12.7 Å². The maximum Gasteiger partial charge on any atom is 0.387 e. The van der Waals surface area contributed by atoms with Gasteiger partial charge in [-0.1, -0.05) is 12.1 Å². The van der Waals surface area contributed by atoms with Gasteiger partial charge in [0.2, 0.25) is 11.8 Å². The van der Waals surface area contributed by atoms with Crippen LogP contribution < -0.4 is 20.7 Å². The van der Waals surface area contributed by atoms with Crippen LogP contribution in [0.15, 0.2) is 48.5 Å². The van der Waals surface area contributed by atoms with Crippen LogP contribution in [0.25, 0.3) is 0 Å². The highest BCUT2D eigenvalue weighted by molar-refractivity contribution is 6.00. The molecule has 6 nitrogen and oxygen atoms in total. The zero-order chi connectivity index (χ0) is 20.1. The number of ether oxygens (including phenoxy) is 1. The molecule has 0 aromatic heterocycles. The highest BCUT2D eigenvalue weighted by Crippen LogP contribution is 2.24. The molecule has 1 unspecified atom stereocenters. The fourth-order valence-electron chi connectivity index (χ4n) is 3.14. The number of nitrogens with zero attached hydrogens (tertiary/aromatic N) is 1. The Hall–Kier alpha value is -3.16. The molecule has 0 saturated carbocycles. The Kier molecular flexibility index (Phi) is 6.08. The van der Waals surface area contributed by atoms with Gasteiger partial charge in [0.05, 0.1) is 6.42 Å². The van der Waals surface area contributed by atoms with Crippen LogP contribution in [0.3, 0.4) is 0 Å². The monoisotopic (exact) mass is 389 g/mol. The Balaban J connectivity index is 1.61. The standard InChI is InChI=1S/C20H21F2N3O3/c21-20(22)28-16-9-7-15(8-10-16)25-11-1-2-17(19(25)27)24-18(26)12-13-3-5-14(23)6-4-13/h3-10,17,20H,1-2,11-12,23H2,(H,24,26). The molecule has 2 amide bonds. The van der Waals surface area contributed by atoms with Crippen LogP contribution in [0.2, 0.25) is 0 Å². The van der Waals surface area contributed by atoms with Crippen molar-refractivity contribution < 1.29 is 23.1 Å². The van der Waals surface area contributed by atoms with Crippen LogP contribution in [-0.4, -0.2) is 31.0 Å². The Morgan fingerprint density at radius 1 is 1.18 bits per heavy atom. The number of halogens is 2. The van der Waals surface area contributed by atoms with E-state index >= 15 is 0 Å². The molecule has 1 saturated heterocycles. The van der Waals surface area contributed by atoms with Gasteiger partial charge in [0.25, 0.3) is 0 Å². The second-order valence-corrected chi connectivity index (χ2v) is 6.54. The summed E-state index contributed by atoms with van der Waals surface area (Å²) in [5.74, 6) is -0.443. The number of benzene rings is 2. The summed E-state index contributed by atoms with van der Waals surface area (Å²) in [6.07, 6.45) is 1.42. The number of nitrogen functional groups attached to an aromatic ring is 1. The quantitative estimate of drug-likeness (QED) is 0.744. The molecule has 1 heterocycles. The molecule has 148 valence electrons. The SMILES string of the molecule is Nc1ccc(CC(=O)NC2CCCN(c3ccc(OC(F)F)cc3)C2=O)cc1. The lowest BCUT2D eigenvalue weighted by atomic mass is 10.0. The summed E-state index contributed by atoms with van der Waals surface area (Å²) in [5, 5.41) is 2.78. The van der Waals surface area contributed by atoms with Gasteiger partial charge in [-0.2, -0.15) is 8.78 Å². The number of alkyl halides is 2. The van der Waals surface area contributed by atoms with Crippen molar-refractivity contribution in [3.63, 3.8) is 0 Å². The first-order chi connectivity index (χ1) is 13.4. The minimum Gasteiger partial charge on any atom is -0.435 e. The van der Waals surface area contributed by atoms with Crippen LogP contribution >= 0.6 is 0 Å². The summed E-state index contributed by atoms with van der Waals surface area (Å²) >= 11 is 0. The van der Waals surface area contributed by atoms with Crippen LogP contribution in [0.4, 0.5) is 20.2 Å². The number of rotatable bonds is 6. The minimum absolute atomic E-state index is 0.0246. The largest absolute Gasteiger partial charge is 0.435 e. The van der Waals surface area contributed by atoms with E-state index in [4.69, 9.17) is 5.73 Å². The predicted molar refractivity (Wildman–Crippen MR) is 101 cm³/mol. The predicted octanol–water partition coefficient (Wildman–Crippen LogP) is 2.72. The topological polar surface area (TPSA) is 84.7 Å². The summed E-state index contributed by atoms with van der Waals surface area (Å²) in [6.45, 7) is -2.40. The van der Waals surface area contributed by atoms with Crippen LogP contribution in [0.1, 0.15) is 18.4 Å². The number of nitrogens with one attached hydrogen (secondary N) is 1. The summed E-state index contributed by atoms with van der Waals surface area (Å²) in [5.41, 5.74) is 7.63. The van der Waals surface area contributed by atoms with E-state index in [1.807, 2.05) is 0 Å². The van der Waals surface area contributed by atoms with Gasteiger partial charge in [0, 0.05) is 17.9 Å². The van der Waals surface area contributed by atoms with Crippen molar-refractivity contribution in [1.82, 2.24) is 5.32 Å². The van der Waals surface area contributed by atoms with Gasteiger partial charge in [-0.05, 0) is 54.8 Å². The van der Waals surface area contributed by atoms with E-state index in [9.17, 15) is 18.4 Å². The third kappa shape index (κ3) is 4.97.